The molecule has 11 nitrogen and oxygen atoms in total. The number of nitrogens with two attached hydrogens (primary N) is 1. The highest BCUT2D eigenvalue weighted by atomic mass is 32.2. The summed E-state index contributed by atoms with van der Waals surface area (Å²) in [6.45, 7) is 3.96. The van der Waals surface area contributed by atoms with Gasteiger partial charge in [0.15, 0.2) is 6.61 Å². The summed E-state index contributed by atoms with van der Waals surface area (Å²) in [6, 6.07) is 2.84. The molecule has 4 amide bonds. The van der Waals surface area contributed by atoms with Crippen LogP contribution in [-0.2, 0) is 24.3 Å². The maximum absolute atomic E-state index is 12.2. The number of rotatable bonds is 6. The summed E-state index contributed by atoms with van der Waals surface area (Å²) in [5.74, 6) is -2.53. The van der Waals surface area contributed by atoms with Gasteiger partial charge in [0.2, 0.25) is 10.0 Å². The number of urea groups is 1. The Kier molecular flexibility index (Phi) is 5.75. The molecule has 1 aliphatic rings. The fourth-order valence-electron chi connectivity index (χ4n) is 2.39. The number of sulfonamides is 1. The highest BCUT2D eigenvalue weighted by molar-refractivity contribution is 7.89. The number of hydrogen-bond acceptors (Lipinski definition) is 7. The standard InChI is InChI=1S/C16H20N4O7S/c1-4-16(3)14(23)20(15(24)18-16)19-12(21)8-27-13(22)11-7-10(28(17,25)26)6-5-9(11)2/h5-7H,4,8H2,1-3H3,(H,18,24)(H,19,21)(H2,17,25,26). The van der Waals surface area contributed by atoms with E-state index in [0.717, 1.165) is 6.07 Å². The quantitative estimate of drug-likeness (QED) is 0.420. The number of nitrogens with zero attached hydrogens (tertiary/aromatic N) is 1. The Labute approximate surface area is 161 Å². The van der Waals surface area contributed by atoms with Gasteiger partial charge in [-0.3, -0.25) is 15.0 Å². The molecule has 2 rings (SSSR count). The Morgan fingerprint density at radius 3 is 2.50 bits per heavy atom. The number of aryl methyl sites for hydroxylation is 1. The van der Waals surface area contributed by atoms with Crippen LogP contribution in [0.15, 0.2) is 23.1 Å². The summed E-state index contributed by atoms with van der Waals surface area (Å²) in [6.07, 6.45) is 0.318. The predicted octanol–water partition coefficient (Wildman–Crippen LogP) is -0.449. The molecule has 28 heavy (non-hydrogen) atoms. The maximum atomic E-state index is 12.2. The van der Waals surface area contributed by atoms with Crippen molar-refractivity contribution in [2.75, 3.05) is 6.61 Å². The first kappa shape index (κ1) is 21.3. The maximum Gasteiger partial charge on any atom is 0.344 e. The fraction of sp³-hybridized carbons (Fsp3) is 0.375. The van der Waals surface area contributed by atoms with Crippen LogP contribution in [0.5, 0.6) is 0 Å². The number of primary sulfonamides is 1. The lowest BCUT2D eigenvalue weighted by Crippen LogP contribution is -2.49. The van der Waals surface area contributed by atoms with Crippen molar-refractivity contribution in [2.24, 2.45) is 5.14 Å². The first-order chi connectivity index (χ1) is 12.9. The number of amides is 4. The number of imide groups is 1. The van der Waals surface area contributed by atoms with E-state index in [1.807, 2.05) is 0 Å². The van der Waals surface area contributed by atoms with Crippen LogP contribution >= 0.6 is 0 Å². The van der Waals surface area contributed by atoms with Crippen LogP contribution in [0.3, 0.4) is 0 Å². The number of hydrogen-bond donors (Lipinski definition) is 3. The van der Waals surface area contributed by atoms with Crippen LogP contribution in [0.4, 0.5) is 4.79 Å². The molecule has 1 saturated heterocycles. The molecule has 0 aliphatic carbocycles. The van der Waals surface area contributed by atoms with Crippen LogP contribution in [0, 0.1) is 6.92 Å². The highest BCUT2D eigenvalue weighted by Crippen LogP contribution is 2.19. The van der Waals surface area contributed by atoms with Gasteiger partial charge in [0.05, 0.1) is 10.5 Å². The van der Waals surface area contributed by atoms with Gasteiger partial charge in [-0.2, -0.15) is 5.01 Å². The molecule has 1 unspecified atom stereocenters. The molecule has 12 heteroatoms. The third-order valence-electron chi connectivity index (χ3n) is 4.30. The van der Waals surface area contributed by atoms with Crippen molar-refractivity contribution < 1.29 is 32.3 Å². The van der Waals surface area contributed by atoms with Gasteiger partial charge in [-0.25, -0.2) is 23.1 Å². The molecular formula is C16H20N4O7S. The average molecular weight is 412 g/mol. The number of ether oxygens (including phenoxy) is 1. The van der Waals surface area contributed by atoms with Crippen LogP contribution in [0.1, 0.15) is 36.2 Å². The number of carbonyl (C=O) groups is 4. The van der Waals surface area contributed by atoms with Crippen molar-refractivity contribution in [2.45, 2.75) is 37.6 Å². The molecular weight excluding hydrogens is 392 g/mol. The molecule has 1 fully saturated rings. The fourth-order valence-corrected chi connectivity index (χ4v) is 2.93. The first-order valence-corrected chi connectivity index (χ1v) is 9.70. The number of hydrazine groups is 1. The largest absolute Gasteiger partial charge is 0.452 e. The molecule has 1 atom stereocenters. The van der Waals surface area contributed by atoms with Gasteiger partial charge in [-0.15, -0.1) is 0 Å². The van der Waals surface area contributed by atoms with Crippen molar-refractivity contribution in [1.82, 2.24) is 15.8 Å². The van der Waals surface area contributed by atoms with Crippen molar-refractivity contribution in [3.8, 4) is 0 Å². The minimum Gasteiger partial charge on any atom is -0.452 e. The van der Waals surface area contributed by atoms with Gasteiger partial charge < -0.3 is 10.1 Å². The SMILES string of the molecule is CCC1(C)NC(=O)N(NC(=O)COC(=O)c2cc(S(N)(=O)=O)ccc2C)C1=O. The lowest BCUT2D eigenvalue weighted by atomic mass is 10.00. The minimum atomic E-state index is -4.02. The first-order valence-electron chi connectivity index (χ1n) is 8.16. The van der Waals surface area contributed by atoms with Gasteiger partial charge in [0.1, 0.15) is 5.54 Å². The summed E-state index contributed by atoms with van der Waals surface area (Å²) in [5, 5.41) is 8.00. The van der Waals surface area contributed by atoms with E-state index in [0.29, 0.717) is 17.0 Å². The molecule has 1 heterocycles. The van der Waals surface area contributed by atoms with Gasteiger partial charge in [-0.1, -0.05) is 13.0 Å². The second-order valence-corrected chi connectivity index (χ2v) is 7.95. The van der Waals surface area contributed by atoms with Gasteiger partial charge in [0.25, 0.3) is 11.8 Å². The molecule has 0 aromatic heterocycles. The smallest absolute Gasteiger partial charge is 0.344 e. The summed E-state index contributed by atoms with van der Waals surface area (Å²) in [5.41, 5.74) is 1.25. The molecule has 0 radical (unpaired) electrons. The third-order valence-corrected chi connectivity index (χ3v) is 5.21. The monoisotopic (exact) mass is 412 g/mol. The van der Waals surface area contributed by atoms with Crippen molar-refractivity contribution >= 4 is 33.8 Å². The zero-order valence-electron chi connectivity index (χ0n) is 15.4. The molecule has 4 N–H and O–H groups in total. The van der Waals surface area contributed by atoms with E-state index in [9.17, 15) is 27.6 Å². The molecule has 152 valence electrons. The van der Waals surface area contributed by atoms with Gasteiger partial charge in [0, 0.05) is 0 Å². The summed E-state index contributed by atoms with van der Waals surface area (Å²) < 4.78 is 27.6. The lowest BCUT2D eigenvalue weighted by molar-refractivity contribution is -0.139. The van der Waals surface area contributed by atoms with Gasteiger partial charge >= 0.3 is 12.0 Å². The van der Waals surface area contributed by atoms with Crippen LogP contribution in [0.25, 0.3) is 0 Å². The summed E-state index contributed by atoms with van der Waals surface area (Å²) in [7, 11) is -4.02. The van der Waals surface area contributed by atoms with E-state index in [2.05, 4.69) is 10.7 Å². The number of carbonyl (C=O) groups excluding carboxylic acids is 4. The number of benzene rings is 1. The molecule has 0 saturated carbocycles. The Balaban J connectivity index is 2.03. The van der Waals surface area contributed by atoms with Gasteiger partial charge in [-0.05, 0) is 38.0 Å². The Bertz CT molecular complexity index is 960. The lowest BCUT2D eigenvalue weighted by Gasteiger charge is -2.19. The van der Waals surface area contributed by atoms with Crippen molar-refractivity contribution in [3.63, 3.8) is 0 Å². The molecule has 1 aliphatic heterocycles. The van der Waals surface area contributed by atoms with E-state index in [4.69, 9.17) is 9.88 Å². The number of nitrogens with one attached hydrogen (secondary N) is 2. The van der Waals surface area contributed by atoms with Crippen LogP contribution < -0.4 is 15.9 Å². The molecule has 0 spiro atoms. The zero-order valence-corrected chi connectivity index (χ0v) is 16.3. The Hall–Kier alpha value is -2.99. The molecule has 1 aromatic rings. The normalized spacial score (nSPS) is 19.4. The predicted molar refractivity (Wildman–Crippen MR) is 95.1 cm³/mol. The summed E-state index contributed by atoms with van der Waals surface area (Å²) in [4.78, 5) is 47.9. The van der Waals surface area contributed by atoms with Crippen LogP contribution in [-0.4, -0.2) is 49.4 Å². The van der Waals surface area contributed by atoms with E-state index >= 15 is 0 Å². The highest BCUT2D eigenvalue weighted by Gasteiger charge is 2.47. The second-order valence-electron chi connectivity index (χ2n) is 6.39. The van der Waals surface area contributed by atoms with Crippen molar-refractivity contribution in [1.29, 1.82) is 0 Å². The number of esters is 1. The van der Waals surface area contributed by atoms with Crippen molar-refractivity contribution in [3.05, 3.63) is 29.3 Å². The molecule has 1 aromatic carbocycles. The topological polar surface area (TPSA) is 165 Å². The Morgan fingerprint density at radius 1 is 1.32 bits per heavy atom. The van der Waals surface area contributed by atoms with E-state index < -0.39 is 46.0 Å². The third kappa shape index (κ3) is 4.28. The van der Waals surface area contributed by atoms with Crippen LogP contribution in [0.2, 0.25) is 0 Å². The Morgan fingerprint density at radius 2 is 1.96 bits per heavy atom. The average Bonchev–Trinajstić information content (AvgIpc) is 2.82. The van der Waals surface area contributed by atoms with E-state index in [1.54, 1.807) is 13.8 Å². The minimum absolute atomic E-state index is 0.0899. The second kappa shape index (κ2) is 7.56. The molecule has 0 bridgehead atoms. The van der Waals surface area contributed by atoms with E-state index in [1.165, 1.54) is 19.1 Å². The van der Waals surface area contributed by atoms with E-state index in [-0.39, 0.29) is 10.5 Å². The zero-order chi connectivity index (χ0) is 21.3. The summed E-state index contributed by atoms with van der Waals surface area (Å²) >= 11 is 0.